The Kier molecular flexibility index (Phi) is 4.18. The molecule has 15 heavy (non-hydrogen) atoms. The van der Waals surface area contributed by atoms with Crippen molar-refractivity contribution in [3.05, 3.63) is 11.4 Å². The summed E-state index contributed by atoms with van der Waals surface area (Å²) >= 11 is 0. The Morgan fingerprint density at radius 2 is 2.00 bits per heavy atom. The second-order valence-corrected chi connectivity index (χ2v) is 4.06. The number of aromatic nitrogens is 2. The molecule has 0 fully saturated rings. The van der Waals surface area contributed by atoms with Crippen molar-refractivity contribution in [2.45, 2.75) is 59.4 Å². The van der Waals surface area contributed by atoms with Gasteiger partial charge in [0.15, 0.2) is 5.75 Å². The fourth-order valence-electron chi connectivity index (χ4n) is 1.84. The summed E-state index contributed by atoms with van der Waals surface area (Å²) < 4.78 is 1.94. The van der Waals surface area contributed by atoms with Gasteiger partial charge < -0.3 is 5.11 Å². The van der Waals surface area contributed by atoms with E-state index in [1.807, 2.05) is 4.68 Å². The lowest BCUT2D eigenvalue weighted by Crippen LogP contribution is -2.05. The van der Waals surface area contributed by atoms with Crippen LogP contribution in [-0.2, 0) is 13.0 Å². The summed E-state index contributed by atoms with van der Waals surface area (Å²) in [5, 5.41) is 14.5. The molecular weight excluding hydrogens is 188 g/mol. The van der Waals surface area contributed by atoms with Gasteiger partial charge in [-0.1, -0.05) is 27.2 Å². The average molecular weight is 210 g/mol. The van der Waals surface area contributed by atoms with Crippen LogP contribution < -0.4 is 0 Å². The largest absolute Gasteiger partial charge is 0.504 e. The van der Waals surface area contributed by atoms with Gasteiger partial charge in [-0.15, -0.1) is 0 Å². The third-order valence-electron chi connectivity index (χ3n) is 2.90. The summed E-state index contributed by atoms with van der Waals surface area (Å²) in [6.45, 7) is 9.27. The number of aryl methyl sites for hydroxylation is 2. The number of aromatic hydroxyl groups is 1. The fourth-order valence-corrected chi connectivity index (χ4v) is 1.84. The molecule has 0 radical (unpaired) electrons. The Morgan fingerprint density at radius 3 is 2.47 bits per heavy atom. The van der Waals surface area contributed by atoms with E-state index in [0.29, 0.717) is 11.7 Å². The van der Waals surface area contributed by atoms with Crippen LogP contribution in [0.4, 0.5) is 0 Å². The van der Waals surface area contributed by atoms with Gasteiger partial charge in [0, 0.05) is 12.5 Å². The minimum Gasteiger partial charge on any atom is -0.504 e. The quantitative estimate of drug-likeness (QED) is 0.811. The molecule has 1 N–H and O–H groups in total. The molecule has 0 aliphatic carbocycles. The number of rotatable bonds is 5. The monoisotopic (exact) mass is 210 g/mol. The van der Waals surface area contributed by atoms with Crippen molar-refractivity contribution in [2.75, 3.05) is 0 Å². The van der Waals surface area contributed by atoms with Gasteiger partial charge in [-0.3, -0.25) is 4.68 Å². The van der Waals surface area contributed by atoms with Gasteiger partial charge in [-0.25, -0.2) is 0 Å². The van der Waals surface area contributed by atoms with Crippen LogP contribution in [0, 0.1) is 0 Å². The lowest BCUT2D eigenvalue weighted by molar-refractivity contribution is 0.449. The van der Waals surface area contributed by atoms with Gasteiger partial charge in [0.25, 0.3) is 0 Å². The lowest BCUT2D eigenvalue weighted by atomic mass is 10.0. The third kappa shape index (κ3) is 2.33. The zero-order chi connectivity index (χ0) is 11.4. The lowest BCUT2D eigenvalue weighted by Gasteiger charge is -2.10. The average Bonchev–Trinajstić information content (AvgIpc) is 2.55. The smallest absolute Gasteiger partial charge is 0.160 e. The predicted molar refractivity (Wildman–Crippen MR) is 62.3 cm³/mol. The van der Waals surface area contributed by atoms with E-state index in [1.54, 1.807) is 0 Å². The molecular formula is C12H22N2O. The standard InChI is InChI=1S/C12H22N2O/c1-5-8-10-12(15)11(9(4)6-2)14(7-3)13-10/h9,15H,5-8H2,1-4H3. The van der Waals surface area contributed by atoms with Crippen LogP contribution in [-0.4, -0.2) is 14.9 Å². The van der Waals surface area contributed by atoms with Crippen molar-refractivity contribution < 1.29 is 5.11 Å². The molecule has 0 spiro atoms. The van der Waals surface area contributed by atoms with Gasteiger partial charge in [0.2, 0.25) is 0 Å². The SMILES string of the molecule is CCCc1nn(CC)c(C(C)CC)c1O. The Bertz CT molecular complexity index is 318. The molecule has 0 aromatic carbocycles. The number of nitrogens with zero attached hydrogens (tertiary/aromatic N) is 2. The van der Waals surface area contributed by atoms with Gasteiger partial charge in [0.05, 0.1) is 5.69 Å². The first-order chi connectivity index (χ1) is 7.15. The summed E-state index contributed by atoms with van der Waals surface area (Å²) in [4.78, 5) is 0. The van der Waals surface area contributed by atoms with Crippen LogP contribution >= 0.6 is 0 Å². The van der Waals surface area contributed by atoms with Crippen LogP contribution in [0.3, 0.4) is 0 Å². The van der Waals surface area contributed by atoms with Crippen LogP contribution in [0.1, 0.15) is 57.8 Å². The second-order valence-electron chi connectivity index (χ2n) is 4.06. The topological polar surface area (TPSA) is 38.0 Å². The van der Waals surface area contributed by atoms with Crippen molar-refractivity contribution in [2.24, 2.45) is 0 Å². The summed E-state index contributed by atoms with van der Waals surface area (Å²) in [6.07, 6.45) is 2.92. The first-order valence-electron chi connectivity index (χ1n) is 5.94. The van der Waals surface area contributed by atoms with E-state index in [1.165, 1.54) is 0 Å². The molecule has 0 saturated carbocycles. The normalized spacial score (nSPS) is 13.1. The van der Waals surface area contributed by atoms with E-state index in [9.17, 15) is 5.11 Å². The molecule has 1 unspecified atom stereocenters. The van der Waals surface area contributed by atoms with E-state index in [-0.39, 0.29) is 0 Å². The van der Waals surface area contributed by atoms with Crippen molar-refractivity contribution in [3.8, 4) is 5.75 Å². The predicted octanol–water partition coefficient (Wildman–Crippen LogP) is 3.07. The first-order valence-corrected chi connectivity index (χ1v) is 5.94. The summed E-state index contributed by atoms with van der Waals surface area (Å²) in [6, 6.07) is 0. The molecule has 3 heteroatoms. The zero-order valence-corrected chi connectivity index (χ0v) is 10.2. The highest BCUT2D eigenvalue weighted by atomic mass is 16.3. The maximum absolute atomic E-state index is 10.1. The molecule has 3 nitrogen and oxygen atoms in total. The Hall–Kier alpha value is -0.990. The maximum Gasteiger partial charge on any atom is 0.160 e. The maximum atomic E-state index is 10.1. The minimum absolute atomic E-state index is 0.378. The molecule has 1 rings (SSSR count). The van der Waals surface area contributed by atoms with E-state index < -0.39 is 0 Å². The minimum atomic E-state index is 0.378. The van der Waals surface area contributed by atoms with Crippen LogP contribution in [0.15, 0.2) is 0 Å². The van der Waals surface area contributed by atoms with Crippen molar-refractivity contribution >= 4 is 0 Å². The summed E-state index contributed by atoms with van der Waals surface area (Å²) in [5.41, 5.74) is 1.86. The highest BCUT2D eigenvalue weighted by Crippen LogP contribution is 2.31. The molecule has 1 aromatic heterocycles. The number of hydrogen-bond acceptors (Lipinski definition) is 2. The Labute approximate surface area is 92.1 Å². The van der Waals surface area contributed by atoms with E-state index >= 15 is 0 Å². The highest BCUT2D eigenvalue weighted by molar-refractivity contribution is 5.34. The Morgan fingerprint density at radius 1 is 1.33 bits per heavy atom. The summed E-state index contributed by atoms with van der Waals surface area (Å²) in [7, 11) is 0. The molecule has 0 amide bonds. The van der Waals surface area contributed by atoms with Crippen molar-refractivity contribution in [1.82, 2.24) is 9.78 Å². The van der Waals surface area contributed by atoms with Gasteiger partial charge in [-0.05, 0) is 19.8 Å². The molecule has 0 bridgehead atoms. The molecule has 86 valence electrons. The highest BCUT2D eigenvalue weighted by Gasteiger charge is 2.19. The first kappa shape index (κ1) is 12.1. The summed E-state index contributed by atoms with van der Waals surface area (Å²) in [5.74, 6) is 0.802. The van der Waals surface area contributed by atoms with E-state index in [4.69, 9.17) is 0 Å². The second kappa shape index (κ2) is 5.19. The van der Waals surface area contributed by atoms with E-state index in [2.05, 4.69) is 32.8 Å². The zero-order valence-electron chi connectivity index (χ0n) is 10.2. The van der Waals surface area contributed by atoms with Crippen LogP contribution in [0.2, 0.25) is 0 Å². The van der Waals surface area contributed by atoms with Gasteiger partial charge >= 0.3 is 0 Å². The molecule has 0 saturated heterocycles. The molecule has 1 atom stereocenters. The molecule has 1 heterocycles. The molecule has 0 aliphatic heterocycles. The molecule has 1 aromatic rings. The van der Waals surface area contributed by atoms with Crippen molar-refractivity contribution in [1.29, 1.82) is 0 Å². The molecule has 0 aliphatic rings. The van der Waals surface area contributed by atoms with Crippen molar-refractivity contribution in [3.63, 3.8) is 0 Å². The number of hydrogen-bond donors (Lipinski definition) is 1. The van der Waals surface area contributed by atoms with E-state index in [0.717, 1.165) is 37.2 Å². The fraction of sp³-hybridized carbons (Fsp3) is 0.750. The van der Waals surface area contributed by atoms with Crippen LogP contribution in [0.25, 0.3) is 0 Å². The van der Waals surface area contributed by atoms with Gasteiger partial charge in [-0.2, -0.15) is 5.10 Å². The third-order valence-corrected chi connectivity index (χ3v) is 2.90. The van der Waals surface area contributed by atoms with Crippen LogP contribution in [0.5, 0.6) is 5.75 Å². The Balaban J connectivity index is 3.11. The van der Waals surface area contributed by atoms with Gasteiger partial charge in [0.1, 0.15) is 5.69 Å².